The Morgan fingerprint density at radius 3 is 2.39 bits per heavy atom. The molecule has 0 bridgehead atoms. The molecule has 2 aromatic heterocycles. The van der Waals surface area contributed by atoms with Crippen molar-refractivity contribution in [1.29, 1.82) is 0 Å². The quantitative estimate of drug-likeness (QED) is 0.631. The first kappa shape index (κ1) is 20.0. The van der Waals surface area contributed by atoms with Crippen molar-refractivity contribution in [3.8, 4) is 11.4 Å². The Morgan fingerprint density at radius 2 is 1.82 bits per heavy atom. The summed E-state index contributed by atoms with van der Waals surface area (Å²) in [4.78, 5) is 23.1. The van der Waals surface area contributed by atoms with Crippen LogP contribution in [0.1, 0.15) is 30.7 Å². The Labute approximate surface area is 170 Å². The molecule has 0 aliphatic rings. The van der Waals surface area contributed by atoms with Gasteiger partial charge < -0.3 is 10.2 Å². The normalized spacial score (nSPS) is 10.7. The van der Waals surface area contributed by atoms with Gasteiger partial charge in [-0.3, -0.25) is 4.79 Å². The topological polar surface area (TPSA) is 58.1 Å². The van der Waals surface area contributed by atoms with E-state index in [1.807, 2.05) is 35.7 Å². The van der Waals surface area contributed by atoms with Crippen molar-refractivity contribution in [2.75, 3.05) is 19.4 Å². The predicted octanol–water partition coefficient (Wildman–Crippen LogP) is 4.70. The molecule has 0 aliphatic heterocycles. The molecule has 0 fully saturated rings. The number of carbonyl (C=O) groups excluding carboxylic acids is 1. The van der Waals surface area contributed by atoms with Gasteiger partial charge in [0.1, 0.15) is 5.82 Å². The number of aryl methyl sites for hydroxylation is 1. The number of rotatable bonds is 7. The zero-order valence-electron chi connectivity index (χ0n) is 16.8. The highest BCUT2D eigenvalue weighted by atomic mass is 32.1. The molecule has 1 aromatic carbocycles. The van der Waals surface area contributed by atoms with Gasteiger partial charge in [-0.15, -0.1) is 0 Å². The first-order chi connectivity index (χ1) is 13.5. The second-order valence-electron chi connectivity index (χ2n) is 6.83. The van der Waals surface area contributed by atoms with Crippen molar-refractivity contribution in [3.05, 3.63) is 57.9 Å². The fourth-order valence-electron chi connectivity index (χ4n) is 2.99. The van der Waals surface area contributed by atoms with E-state index in [9.17, 15) is 4.79 Å². The van der Waals surface area contributed by atoms with E-state index in [4.69, 9.17) is 9.97 Å². The van der Waals surface area contributed by atoms with Crippen molar-refractivity contribution < 1.29 is 4.79 Å². The first-order valence-electron chi connectivity index (χ1n) is 9.50. The minimum Gasteiger partial charge on any atom is -0.349 e. The van der Waals surface area contributed by atoms with Crippen molar-refractivity contribution >= 4 is 28.7 Å². The molecule has 0 unspecified atom stereocenters. The molecule has 0 aliphatic carbocycles. The second kappa shape index (κ2) is 8.97. The number of thiophene rings is 1. The molecular weight excluding hydrogens is 368 g/mol. The molecule has 6 heteroatoms. The van der Waals surface area contributed by atoms with Crippen molar-refractivity contribution in [1.82, 2.24) is 14.9 Å². The molecule has 1 amide bonds. The van der Waals surface area contributed by atoms with Crippen molar-refractivity contribution in [3.63, 3.8) is 0 Å². The number of carbonyl (C=O) groups is 1. The number of amides is 1. The maximum Gasteiger partial charge on any atom is 0.226 e. The third kappa shape index (κ3) is 4.57. The molecule has 5 nitrogen and oxygen atoms in total. The van der Waals surface area contributed by atoms with Crippen LogP contribution < -0.4 is 5.32 Å². The van der Waals surface area contributed by atoms with Gasteiger partial charge in [-0.1, -0.05) is 26.0 Å². The van der Waals surface area contributed by atoms with Gasteiger partial charge in [0.05, 0.1) is 6.42 Å². The summed E-state index contributed by atoms with van der Waals surface area (Å²) in [6.45, 7) is 4.25. The lowest BCUT2D eigenvalue weighted by atomic mass is 10.1. The van der Waals surface area contributed by atoms with Crippen LogP contribution >= 0.6 is 11.3 Å². The molecule has 0 spiro atoms. The van der Waals surface area contributed by atoms with Gasteiger partial charge in [0, 0.05) is 42.0 Å². The van der Waals surface area contributed by atoms with E-state index in [0.29, 0.717) is 6.42 Å². The number of nitrogens with zero attached hydrogens (tertiary/aromatic N) is 3. The van der Waals surface area contributed by atoms with Crippen LogP contribution in [0.15, 0.2) is 41.1 Å². The highest BCUT2D eigenvalue weighted by Gasteiger charge is 2.14. The van der Waals surface area contributed by atoms with Crippen LogP contribution in [-0.2, 0) is 24.1 Å². The molecule has 0 radical (unpaired) electrons. The molecule has 28 heavy (non-hydrogen) atoms. The predicted molar refractivity (Wildman–Crippen MR) is 116 cm³/mol. The number of hydrogen-bond donors (Lipinski definition) is 1. The van der Waals surface area contributed by atoms with E-state index in [2.05, 4.69) is 24.5 Å². The fraction of sp³-hybridized carbons (Fsp3) is 0.318. The maximum absolute atomic E-state index is 11.9. The summed E-state index contributed by atoms with van der Waals surface area (Å²) in [6.07, 6.45) is 2.14. The van der Waals surface area contributed by atoms with Crippen LogP contribution in [0, 0.1) is 0 Å². The Morgan fingerprint density at radius 1 is 1.07 bits per heavy atom. The van der Waals surface area contributed by atoms with Crippen LogP contribution in [0.5, 0.6) is 0 Å². The van der Waals surface area contributed by atoms with Gasteiger partial charge in [-0.25, -0.2) is 9.97 Å². The second-order valence-corrected chi connectivity index (χ2v) is 7.61. The first-order valence-corrected chi connectivity index (χ1v) is 10.4. The van der Waals surface area contributed by atoms with E-state index in [1.165, 1.54) is 0 Å². The molecule has 3 rings (SSSR count). The molecule has 0 atom stereocenters. The molecule has 3 aromatic rings. The van der Waals surface area contributed by atoms with E-state index >= 15 is 0 Å². The lowest BCUT2D eigenvalue weighted by Gasteiger charge is -2.15. The van der Waals surface area contributed by atoms with Gasteiger partial charge >= 0.3 is 0 Å². The number of hydrogen-bond acceptors (Lipinski definition) is 5. The molecule has 1 N–H and O–H groups in total. The molecule has 0 saturated carbocycles. The lowest BCUT2D eigenvalue weighted by Crippen LogP contribution is -2.23. The van der Waals surface area contributed by atoms with Gasteiger partial charge in [0.2, 0.25) is 5.91 Å². The third-order valence-corrected chi connectivity index (χ3v) is 5.31. The Bertz CT molecular complexity index is 934. The van der Waals surface area contributed by atoms with Gasteiger partial charge in [0.15, 0.2) is 5.82 Å². The minimum absolute atomic E-state index is 0.0952. The zero-order chi connectivity index (χ0) is 20.1. The summed E-state index contributed by atoms with van der Waals surface area (Å²) in [5.74, 6) is 1.71. The minimum atomic E-state index is 0.0952. The smallest absolute Gasteiger partial charge is 0.226 e. The number of likely N-dealkylation sites (N-methyl/N-ethyl adjacent to an activating group) is 1. The van der Waals surface area contributed by atoms with Crippen LogP contribution in [-0.4, -0.2) is 34.9 Å². The summed E-state index contributed by atoms with van der Waals surface area (Å²) in [5, 5.41) is 7.57. The number of benzene rings is 1. The standard InChI is InChI=1S/C22H26N4OS/c1-5-18-19(6-2)24-21(16-11-12-28-14-16)25-22(18)23-17-9-7-15(8-10-17)13-20(27)26(3)4/h7-12,14H,5-6,13H2,1-4H3,(H,23,24,25). The summed E-state index contributed by atoms with van der Waals surface area (Å²) in [5.41, 5.74) is 5.22. The average molecular weight is 395 g/mol. The third-order valence-electron chi connectivity index (χ3n) is 4.63. The number of anilines is 2. The van der Waals surface area contributed by atoms with Crippen LogP contribution in [0.4, 0.5) is 11.5 Å². The largest absolute Gasteiger partial charge is 0.349 e. The summed E-state index contributed by atoms with van der Waals surface area (Å²) < 4.78 is 0. The van der Waals surface area contributed by atoms with E-state index < -0.39 is 0 Å². The van der Waals surface area contributed by atoms with Gasteiger partial charge in [-0.05, 0) is 42.0 Å². The van der Waals surface area contributed by atoms with Crippen molar-refractivity contribution in [2.24, 2.45) is 0 Å². The Balaban J connectivity index is 1.88. The van der Waals surface area contributed by atoms with E-state index in [1.54, 1.807) is 30.3 Å². The highest BCUT2D eigenvalue weighted by molar-refractivity contribution is 7.08. The average Bonchev–Trinajstić information content (AvgIpc) is 3.23. The number of nitrogens with one attached hydrogen (secondary N) is 1. The summed E-state index contributed by atoms with van der Waals surface area (Å²) in [7, 11) is 3.55. The highest BCUT2D eigenvalue weighted by Crippen LogP contribution is 2.27. The van der Waals surface area contributed by atoms with Crippen LogP contribution in [0.3, 0.4) is 0 Å². The van der Waals surface area contributed by atoms with Crippen molar-refractivity contribution in [2.45, 2.75) is 33.1 Å². The SMILES string of the molecule is CCc1nc(-c2ccsc2)nc(Nc2ccc(CC(=O)N(C)C)cc2)c1CC. The van der Waals surface area contributed by atoms with Gasteiger partial charge in [-0.2, -0.15) is 11.3 Å². The molecule has 2 heterocycles. The lowest BCUT2D eigenvalue weighted by molar-refractivity contribution is -0.127. The Hall–Kier alpha value is -2.73. The fourth-order valence-corrected chi connectivity index (χ4v) is 3.63. The number of aromatic nitrogens is 2. The van der Waals surface area contributed by atoms with Crippen LogP contribution in [0.25, 0.3) is 11.4 Å². The van der Waals surface area contributed by atoms with E-state index in [0.717, 1.165) is 52.6 Å². The van der Waals surface area contributed by atoms with Gasteiger partial charge in [0.25, 0.3) is 0 Å². The maximum atomic E-state index is 11.9. The molecular formula is C22H26N4OS. The molecule has 146 valence electrons. The summed E-state index contributed by atoms with van der Waals surface area (Å²) >= 11 is 1.64. The zero-order valence-corrected chi connectivity index (χ0v) is 17.6. The Kier molecular flexibility index (Phi) is 6.41. The summed E-state index contributed by atoms with van der Waals surface area (Å²) in [6, 6.07) is 10.0. The van der Waals surface area contributed by atoms with Crippen LogP contribution in [0.2, 0.25) is 0 Å². The van der Waals surface area contributed by atoms with E-state index in [-0.39, 0.29) is 5.91 Å². The monoisotopic (exact) mass is 394 g/mol. The molecule has 0 saturated heterocycles.